The molecule has 2 N–H and O–H groups in total. The number of hydrogen-bond donors (Lipinski definition) is 1. The Morgan fingerprint density at radius 1 is 1.53 bits per heavy atom. The summed E-state index contributed by atoms with van der Waals surface area (Å²) in [6, 6.07) is 0.178. The minimum absolute atomic E-state index is 0.178. The van der Waals surface area contributed by atoms with Crippen molar-refractivity contribution in [2.24, 2.45) is 11.7 Å². The molecule has 1 aromatic rings. The van der Waals surface area contributed by atoms with Crippen LogP contribution >= 0.6 is 11.5 Å². The molecule has 1 aliphatic carbocycles. The molecular weight excluding hydrogens is 206 g/mol. The predicted molar refractivity (Wildman–Crippen MR) is 62.8 cm³/mol. The quantitative estimate of drug-likeness (QED) is 0.838. The molecule has 0 saturated heterocycles. The van der Waals surface area contributed by atoms with E-state index in [1.54, 1.807) is 0 Å². The maximum absolute atomic E-state index is 6.21. The van der Waals surface area contributed by atoms with E-state index < -0.39 is 0 Å². The molecule has 3 nitrogen and oxygen atoms in total. The van der Waals surface area contributed by atoms with Crippen LogP contribution in [-0.4, -0.2) is 9.59 Å². The SMILES string of the molecule is CCCc1nnsc1C(N)CC1CCC1. The Kier molecular flexibility index (Phi) is 3.70. The minimum atomic E-state index is 0.178. The summed E-state index contributed by atoms with van der Waals surface area (Å²) in [7, 11) is 0. The van der Waals surface area contributed by atoms with E-state index in [-0.39, 0.29) is 6.04 Å². The van der Waals surface area contributed by atoms with Gasteiger partial charge in [-0.15, -0.1) is 5.10 Å². The lowest BCUT2D eigenvalue weighted by atomic mass is 9.80. The summed E-state index contributed by atoms with van der Waals surface area (Å²) < 4.78 is 4.02. The van der Waals surface area contributed by atoms with E-state index in [9.17, 15) is 0 Å². The molecular formula is C11H19N3S. The van der Waals surface area contributed by atoms with Gasteiger partial charge >= 0.3 is 0 Å². The molecule has 1 unspecified atom stereocenters. The van der Waals surface area contributed by atoms with Crippen LogP contribution in [0.5, 0.6) is 0 Å². The highest BCUT2D eigenvalue weighted by atomic mass is 32.1. The average molecular weight is 225 g/mol. The molecule has 84 valence electrons. The molecule has 0 aliphatic heterocycles. The summed E-state index contributed by atoms with van der Waals surface area (Å²) >= 11 is 1.49. The molecule has 0 amide bonds. The van der Waals surface area contributed by atoms with E-state index in [1.165, 1.54) is 35.7 Å². The Morgan fingerprint density at radius 2 is 2.33 bits per heavy atom. The summed E-state index contributed by atoms with van der Waals surface area (Å²) in [6.45, 7) is 2.17. The number of rotatable bonds is 5. The monoisotopic (exact) mass is 225 g/mol. The molecule has 1 fully saturated rings. The normalized spacial score (nSPS) is 18.8. The Hall–Kier alpha value is -0.480. The van der Waals surface area contributed by atoms with Crippen LogP contribution in [0.25, 0.3) is 0 Å². The number of aromatic nitrogens is 2. The van der Waals surface area contributed by atoms with Crippen LogP contribution in [0, 0.1) is 5.92 Å². The van der Waals surface area contributed by atoms with Gasteiger partial charge in [0.15, 0.2) is 0 Å². The van der Waals surface area contributed by atoms with Crippen molar-refractivity contribution in [3.63, 3.8) is 0 Å². The molecule has 1 aliphatic rings. The third kappa shape index (κ3) is 2.55. The van der Waals surface area contributed by atoms with Crippen LogP contribution in [0.1, 0.15) is 55.6 Å². The zero-order valence-electron chi connectivity index (χ0n) is 9.28. The molecule has 15 heavy (non-hydrogen) atoms. The Morgan fingerprint density at radius 3 is 2.93 bits per heavy atom. The topological polar surface area (TPSA) is 51.8 Å². The van der Waals surface area contributed by atoms with Gasteiger partial charge in [0.05, 0.1) is 10.6 Å². The molecule has 0 spiro atoms. The first-order valence-electron chi connectivity index (χ1n) is 5.88. The van der Waals surface area contributed by atoms with E-state index in [1.807, 2.05) is 0 Å². The number of nitrogens with zero attached hydrogens (tertiary/aromatic N) is 2. The van der Waals surface area contributed by atoms with Crippen molar-refractivity contribution in [1.29, 1.82) is 0 Å². The molecule has 4 heteroatoms. The maximum Gasteiger partial charge on any atom is 0.0803 e. The number of hydrogen-bond acceptors (Lipinski definition) is 4. The summed E-state index contributed by atoms with van der Waals surface area (Å²) in [5.74, 6) is 0.858. The highest BCUT2D eigenvalue weighted by molar-refractivity contribution is 7.05. The zero-order valence-corrected chi connectivity index (χ0v) is 10.1. The van der Waals surface area contributed by atoms with E-state index in [0.717, 1.165) is 30.9 Å². The van der Waals surface area contributed by atoms with Crippen LogP contribution < -0.4 is 5.73 Å². The van der Waals surface area contributed by atoms with E-state index in [2.05, 4.69) is 16.5 Å². The zero-order chi connectivity index (χ0) is 10.7. The van der Waals surface area contributed by atoms with Gasteiger partial charge in [-0.25, -0.2) is 0 Å². The maximum atomic E-state index is 6.21. The Bertz CT molecular complexity index is 307. The van der Waals surface area contributed by atoms with Gasteiger partial charge in [0.1, 0.15) is 0 Å². The van der Waals surface area contributed by atoms with Crippen molar-refractivity contribution < 1.29 is 0 Å². The molecule has 1 atom stereocenters. The summed E-state index contributed by atoms with van der Waals surface area (Å²) in [6.07, 6.45) is 7.38. The van der Waals surface area contributed by atoms with Crippen molar-refractivity contribution >= 4 is 11.5 Å². The van der Waals surface area contributed by atoms with Crippen LogP contribution in [0.4, 0.5) is 0 Å². The lowest BCUT2D eigenvalue weighted by molar-refractivity contribution is 0.278. The third-order valence-electron chi connectivity index (χ3n) is 3.22. The van der Waals surface area contributed by atoms with Gasteiger partial charge in [0.25, 0.3) is 0 Å². The summed E-state index contributed by atoms with van der Waals surface area (Å²) in [4.78, 5) is 1.23. The van der Waals surface area contributed by atoms with Crippen LogP contribution in [0.2, 0.25) is 0 Å². The average Bonchev–Trinajstić information content (AvgIpc) is 2.60. The summed E-state index contributed by atoms with van der Waals surface area (Å²) in [5.41, 5.74) is 7.34. The largest absolute Gasteiger partial charge is 0.323 e. The highest BCUT2D eigenvalue weighted by Crippen LogP contribution is 2.35. The van der Waals surface area contributed by atoms with Crippen molar-refractivity contribution in [2.75, 3.05) is 0 Å². The molecule has 1 heterocycles. The number of nitrogens with two attached hydrogens (primary N) is 1. The third-order valence-corrected chi connectivity index (χ3v) is 4.12. The van der Waals surface area contributed by atoms with E-state index in [4.69, 9.17) is 5.73 Å². The van der Waals surface area contributed by atoms with Gasteiger partial charge in [0, 0.05) is 6.04 Å². The van der Waals surface area contributed by atoms with Gasteiger partial charge in [-0.2, -0.15) is 0 Å². The first-order chi connectivity index (χ1) is 7.31. The van der Waals surface area contributed by atoms with Gasteiger partial charge < -0.3 is 5.73 Å². The van der Waals surface area contributed by atoms with Crippen molar-refractivity contribution in [3.05, 3.63) is 10.6 Å². The lowest BCUT2D eigenvalue weighted by Gasteiger charge is -2.27. The second-order valence-electron chi connectivity index (χ2n) is 4.47. The highest BCUT2D eigenvalue weighted by Gasteiger charge is 2.23. The van der Waals surface area contributed by atoms with Gasteiger partial charge in [-0.05, 0) is 30.3 Å². The van der Waals surface area contributed by atoms with Gasteiger partial charge in [0.2, 0.25) is 0 Å². The van der Waals surface area contributed by atoms with Gasteiger partial charge in [-0.1, -0.05) is 37.1 Å². The molecule has 1 saturated carbocycles. The van der Waals surface area contributed by atoms with Crippen LogP contribution in [-0.2, 0) is 6.42 Å². The molecule has 0 aromatic carbocycles. The number of aryl methyl sites for hydroxylation is 1. The first-order valence-corrected chi connectivity index (χ1v) is 6.65. The van der Waals surface area contributed by atoms with E-state index >= 15 is 0 Å². The molecule has 1 aromatic heterocycles. The van der Waals surface area contributed by atoms with Crippen LogP contribution in [0.3, 0.4) is 0 Å². The van der Waals surface area contributed by atoms with E-state index in [0.29, 0.717) is 0 Å². The fraction of sp³-hybridized carbons (Fsp3) is 0.818. The van der Waals surface area contributed by atoms with Crippen molar-refractivity contribution in [3.8, 4) is 0 Å². The smallest absolute Gasteiger partial charge is 0.0803 e. The molecule has 2 rings (SSSR count). The van der Waals surface area contributed by atoms with Gasteiger partial charge in [-0.3, -0.25) is 0 Å². The fourth-order valence-corrected chi connectivity index (χ4v) is 2.81. The van der Waals surface area contributed by atoms with Crippen LogP contribution in [0.15, 0.2) is 0 Å². The minimum Gasteiger partial charge on any atom is -0.323 e. The summed E-state index contributed by atoms with van der Waals surface area (Å²) in [5, 5.41) is 4.17. The molecule has 0 radical (unpaired) electrons. The fourth-order valence-electron chi connectivity index (χ4n) is 2.10. The molecule has 0 bridgehead atoms. The predicted octanol–water partition coefficient (Wildman–Crippen LogP) is 2.68. The Balaban J connectivity index is 1.96. The second-order valence-corrected chi connectivity index (χ2v) is 5.26. The first kappa shape index (κ1) is 11.0. The Labute approximate surface area is 95.2 Å². The van der Waals surface area contributed by atoms with Crippen molar-refractivity contribution in [2.45, 2.75) is 51.5 Å². The standard InChI is InChI=1S/C11H19N3S/c1-2-4-10-11(15-14-13-10)9(12)7-8-5-3-6-8/h8-9H,2-7,12H2,1H3. The lowest BCUT2D eigenvalue weighted by Crippen LogP contribution is -2.20. The second kappa shape index (κ2) is 5.03. The van der Waals surface area contributed by atoms with Crippen molar-refractivity contribution in [1.82, 2.24) is 9.59 Å².